The van der Waals surface area contributed by atoms with Gasteiger partial charge in [-0.15, -0.1) is 0 Å². The quantitative estimate of drug-likeness (QED) is 0.914. The number of nitrogens with one attached hydrogen (secondary N) is 1. The van der Waals surface area contributed by atoms with Crippen molar-refractivity contribution in [2.24, 2.45) is 5.92 Å². The van der Waals surface area contributed by atoms with Crippen LogP contribution in [-0.4, -0.2) is 20.8 Å². The van der Waals surface area contributed by atoms with Crippen LogP contribution in [0, 0.1) is 5.92 Å². The Morgan fingerprint density at radius 1 is 1.20 bits per heavy atom. The predicted octanol–water partition coefficient (Wildman–Crippen LogP) is 4.00. The van der Waals surface area contributed by atoms with Crippen LogP contribution in [0.25, 0.3) is 11.0 Å². The van der Waals surface area contributed by atoms with Crippen LogP contribution in [0.1, 0.15) is 52.5 Å². The van der Waals surface area contributed by atoms with E-state index in [0.29, 0.717) is 12.1 Å². The van der Waals surface area contributed by atoms with E-state index >= 15 is 0 Å². The standard InChI is InChI=1S/C16H24N4/c1-11(2)20-16-14(9-18-20)8-15(10-17-16)19-12(3)13-6-4-5-7-13/h8-13,19H,4-7H2,1-3H3. The molecule has 1 fully saturated rings. The fourth-order valence-electron chi connectivity index (χ4n) is 3.24. The number of hydrogen-bond acceptors (Lipinski definition) is 3. The van der Waals surface area contributed by atoms with E-state index in [1.807, 2.05) is 17.1 Å². The third kappa shape index (κ3) is 2.51. The lowest BCUT2D eigenvalue weighted by molar-refractivity contribution is 0.482. The molecule has 1 aliphatic carbocycles. The molecule has 2 aromatic rings. The Morgan fingerprint density at radius 2 is 1.95 bits per heavy atom. The van der Waals surface area contributed by atoms with Crippen LogP contribution in [0.3, 0.4) is 0 Å². The number of aromatic nitrogens is 3. The van der Waals surface area contributed by atoms with Crippen molar-refractivity contribution in [1.29, 1.82) is 0 Å². The van der Waals surface area contributed by atoms with Crippen molar-refractivity contribution in [1.82, 2.24) is 14.8 Å². The van der Waals surface area contributed by atoms with E-state index in [1.54, 1.807) is 0 Å². The van der Waals surface area contributed by atoms with Crippen molar-refractivity contribution in [3.8, 4) is 0 Å². The molecular weight excluding hydrogens is 248 g/mol. The molecule has 1 aliphatic rings. The zero-order valence-electron chi connectivity index (χ0n) is 12.6. The van der Waals surface area contributed by atoms with Crippen molar-refractivity contribution in [3.63, 3.8) is 0 Å². The van der Waals surface area contributed by atoms with Crippen LogP contribution < -0.4 is 5.32 Å². The molecule has 1 N–H and O–H groups in total. The van der Waals surface area contributed by atoms with Crippen LogP contribution in [0.15, 0.2) is 18.5 Å². The number of nitrogens with zero attached hydrogens (tertiary/aromatic N) is 3. The lowest BCUT2D eigenvalue weighted by atomic mass is 10.00. The Kier molecular flexibility index (Phi) is 3.64. The summed E-state index contributed by atoms with van der Waals surface area (Å²) < 4.78 is 1.97. The number of rotatable bonds is 4. The Hall–Kier alpha value is -1.58. The van der Waals surface area contributed by atoms with Gasteiger partial charge in [0, 0.05) is 17.5 Å². The van der Waals surface area contributed by atoms with E-state index in [9.17, 15) is 0 Å². The van der Waals surface area contributed by atoms with E-state index in [-0.39, 0.29) is 0 Å². The van der Waals surface area contributed by atoms with Crippen molar-refractivity contribution in [2.45, 2.75) is 58.5 Å². The smallest absolute Gasteiger partial charge is 0.158 e. The average molecular weight is 272 g/mol. The summed E-state index contributed by atoms with van der Waals surface area (Å²) in [7, 11) is 0. The maximum absolute atomic E-state index is 4.58. The first-order chi connectivity index (χ1) is 9.65. The third-order valence-electron chi connectivity index (χ3n) is 4.42. The molecule has 0 aliphatic heterocycles. The van der Waals surface area contributed by atoms with Gasteiger partial charge >= 0.3 is 0 Å². The molecule has 0 spiro atoms. The molecule has 1 unspecified atom stereocenters. The van der Waals surface area contributed by atoms with E-state index in [1.165, 1.54) is 25.7 Å². The Morgan fingerprint density at radius 3 is 2.65 bits per heavy atom. The van der Waals surface area contributed by atoms with Gasteiger partial charge in [-0.3, -0.25) is 0 Å². The lowest BCUT2D eigenvalue weighted by Gasteiger charge is -2.21. The predicted molar refractivity (Wildman–Crippen MR) is 83.0 cm³/mol. The highest BCUT2D eigenvalue weighted by molar-refractivity contribution is 5.78. The zero-order chi connectivity index (χ0) is 14.1. The summed E-state index contributed by atoms with van der Waals surface area (Å²) in [5, 5.41) is 9.15. The normalized spacial score (nSPS) is 18.0. The fourth-order valence-corrected chi connectivity index (χ4v) is 3.24. The summed E-state index contributed by atoms with van der Waals surface area (Å²) in [4.78, 5) is 4.58. The molecule has 3 rings (SSSR count). The summed E-state index contributed by atoms with van der Waals surface area (Å²) in [6.45, 7) is 6.54. The first-order valence-electron chi connectivity index (χ1n) is 7.75. The molecule has 0 aromatic carbocycles. The number of hydrogen-bond donors (Lipinski definition) is 1. The number of pyridine rings is 1. The van der Waals surface area contributed by atoms with E-state index < -0.39 is 0 Å². The second-order valence-corrected chi connectivity index (χ2v) is 6.30. The van der Waals surface area contributed by atoms with Gasteiger partial charge < -0.3 is 5.32 Å². The molecule has 0 saturated heterocycles. The van der Waals surface area contributed by atoms with Gasteiger partial charge in [0.15, 0.2) is 5.65 Å². The minimum Gasteiger partial charge on any atom is -0.381 e. The maximum Gasteiger partial charge on any atom is 0.158 e. The highest BCUT2D eigenvalue weighted by Crippen LogP contribution is 2.29. The van der Waals surface area contributed by atoms with Crippen molar-refractivity contribution in [3.05, 3.63) is 18.5 Å². The molecular formula is C16H24N4. The van der Waals surface area contributed by atoms with Crippen LogP contribution in [-0.2, 0) is 0 Å². The Balaban J connectivity index is 1.79. The molecule has 4 nitrogen and oxygen atoms in total. The van der Waals surface area contributed by atoms with Crippen LogP contribution >= 0.6 is 0 Å². The molecule has 1 saturated carbocycles. The summed E-state index contributed by atoms with van der Waals surface area (Å²) in [5.74, 6) is 0.809. The highest BCUT2D eigenvalue weighted by atomic mass is 15.3. The summed E-state index contributed by atoms with van der Waals surface area (Å²) >= 11 is 0. The molecule has 0 radical (unpaired) electrons. The monoisotopic (exact) mass is 272 g/mol. The molecule has 0 amide bonds. The van der Waals surface area contributed by atoms with Gasteiger partial charge in [-0.2, -0.15) is 5.10 Å². The second kappa shape index (κ2) is 5.43. The summed E-state index contributed by atoms with van der Waals surface area (Å²) in [5.41, 5.74) is 2.08. The van der Waals surface area contributed by atoms with E-state index in [2.05, 4.69) is 42.2 Å². The Labute approximate surface area is 120 Å². The topological polar surface area (TPSA) is 42.7 Å². The average Bonchev–Trinajstić information content (AvgIpc) is 3.07. The van der Waals surface area contributed by atoms with Crippen molar-refractivity contribution < 1.29 is 0 Å². The minimum absolute atomic E-state index is 0.344. The number of anilines is 1. The van der Waals surface area contributed by atoms with Gasteiger partial charge in [0.05, 0.1) is 18.1 Å². The number of fused-ring (bicyclic) bond motifs is 1. The van der Waals surface area contributed by atoms with Crippen molar-refractivity contribution in [2.75, 3.05) is 5.32 Å². The van der Waals surface area contributed by atoms with Gasteiger partial charge in [-0.1, -0.05) is 12.8 Å². The largest absolute Gasteiger partial charge is 0.381 e. The third-order valence-corrected chi connectivity index (χ3v) is 4.42. The molecule has 20 heavy (non-hydrogen) atoms. The molecule has 2 aromatic heterocycles. The van der Waals surface area contributed by atoms with E-state index in [0.717, 1.165) is 22.6 Å². The molecule has 4 heteroatoms. The Bertz CT molecular complexity index is 581. The fraction of sp³-hybridized carbons (Fsp3) is 0.625. The van der Waals surface area contributed by atoms with E-state index in [4.69, 9.17) is 0 Å². The SMILES string of the molecule is CC(Nc1cnc2c(cnn2C(C)C)c1)C1CCCC1. The van der Waals surface area contributed by atoms with Crippen molar-refractivity contribution >= 4 is 16.7 Å². The zero-order valence-corrected chi connectivity index (χ0v) is 12.6. The van der Waals surface area contributed by atoms with Crippen LogP contribution in [0.2, 0.25) is 0 Å². The second-order valence-electron chi connectivity index (χ2n) is 6.30. The van der Waals surface area contributed by atoms with Gasteiger partial charge in [0.25, 0.3) is 0 Å². The maximum atomic E-state index is 4.58. The lowest BCUT2D eigenvalue weighted by Crippen LogP contribution is -2.23. The van der Waals surface area contributed by atoms with Gasteiger partial charge in [-0.05, 0) is 45.6 Å². The van der Waals surface area contributed by atoms with Crippen LogP contribution in [0.4, 0.5) is 5.69 Å². The van der Waals surface area contributed by atoms with Gasteiger partial charge in [0.1, 0.15) is 0 Å². The van der Waals surface area contributed by atoms with Gasteiger partial charge in [0.2, 0.25) is 0 Å². The van der Waals surface area contributed by atoms with Gasteiger partial charge in [-0.25, -0.2) is 9.67 Å². The molecule has 0 bridgehead atoms. The molecule has 108 valence electrons. The minimum atomic E-state index is 0.344. The van der Waals surface area contributed by atoms with Crippen LogP contribution in [0.5, 0.6) is 0 Å². The molecule has 2 heterocycles. The first kappa shape index (κ1) is 13.4. The first-order valence-corrected chi connectivity index (χ1v) is 7.75. The summed E-state index contributed by atoms with van der Waals surface area (Å²) in [6, 6.07) is 3.03. The highest BCUT2D eigenvalue weighted by Gasteiger charge is 2.21. The summed E-state index contributed by atoms with van der Waals surface area (Å²) in [6.07, 6.45) is 9.33. The molecule has 1 atom stereocenters.